The molecule has 2 heterocycles. The molecule has 148 valence electrons. The Morgan fingerprint density at radius 2 is 1.79 bits per heavy atom. The number of hydrogen-bond donors (Lipinski definition) is 0. The third kappa shape index (κ3) is 3.42. The molecule has 2 aliphatic rings. The van der Waals surface area contributed by atoms with E-state index in [-0.39, 0.29) is 11.9 Å². The first-order valence-corrected chi connectivity index (χ1v) is 9.64. The molecule has 7 heteroatoms. The maximum Gasteiger partial charge on any atom is 0.316 e. The van der Waals surface area contributed by atoms with Crippen molar-refractivity contribution in [2.75, 3.05) is 51.8 Å². The van der Waals surface area contributed by atoms with Crippen LogP contribution in [0.2, 0.25) is 0 Å². The Bertz CT molecular complexity index is 806. The van der Waals surface area contributed by atoms with E-state index in [1.54, 1.807) is 19.5 Å². The summed E-state index contributed by atoms with van der Waals surface area (Å²) in [5.74, 6) is 1.71. The molecular weight excluding hydrogens is 356 g/mol. The van der Waals surface area contributed by atoms with Crippen LogP contribution in [-0.2, 0) is 14.9 Å². The van der Waals surface area contributed by atoms with Crippen molar-refractivity contribution in [3.63, 3.8) is 0 Å². The van der Waals surface area contributed by atoms with Crippen LogP contribution in [-0.4, -0.2) is 67.8 Å². The minimum absolute atomic E-state index is 0.140. The largest absolute Gasteiger partial charge is 0.497 e. The second-order valence-corrected chi connectivity index (χ2v) is 7.43. The van der Waals surface area contributed by atoms with Crippen LogP contribution < -0.4 is 9.64 Å². The first kappa shape index (κ1) is 18.7. The van der Waals surface area contributed by atoms with E-state index in [2.05, 4.69) is 19.8 Å². The number of anilines is 1. The highest BCUT2D eigenvalue weighted by atomic mass is 16.5. The molecule has 1 saturated carbocycles. The first-order valence-electron chi connectivity index (χ1n) is 9.64. The molecule has 7 nitrogen and oxygen atoms in total. The van der Waals surface area contributed by atoms with Gasteiger partial charge in [0, 0.05) is 45.1 Å². The molecule has 2 atom stereocenters. The lowest BCUT2D eigenvalue weighted by atomic mass is 9.93. The highest BCUT2D eigenvalue weighted by Gasteiger charge is 2.62. The number of aromatic nitrogens is 2. The molecule has 0 bridgehead atoms. The number of piperazine rings is 1. The van der Waals surface area contributed by atoms with Gasteiger partial charge in [0.1, 0.15) is 5.75 Å². The predicted octanol–water partition coefficient (Wildman–Crippen LogP) is 1.74. The molecule has 1 aromatic heterocycles. The van der Waals surface area contributed by atoms with E-state index < -0.39 is 5.41 Å². The molecule has 0 unspecified atom stereocenters. The molecule has 0 N–H and O–H groups in total. The zero-order valence-corrected chi connectivity index (χ0v) is 16.4. The van der Waals surface area contributed by atoms with Crippen molar-refractivity contribution < 1.29 is 14.3 Å². The van der Waals surface area contributed by atoms with E-state index >= 15 is 0 Å². The third-order valence-corrected chi connectivity index (χ3v) is 5.95. The average Bonchev–Trinajstić information content (AvgIpc) is 3.49. The van der Waals surface area contributed by atoms with E-state index in [1.165, 1.54) is 7.11 Å². The fourth-order valence-corrected chi connectivity index (χ4v) is 4.24. The molecule has 2 fully saturated rings. The summed E-state index contributed by atoms with van der Waals surface area (Å²) in [6.45, 7) is 4.56. The number of hydrogen-bond acceptors (Lipinski definition) is 7. The topological polar surface area (TPSA) is 67.8 Å². The molecule has 0 spiro atoms. The summed E-state index contributed by atoms with van der Waals surface area (Å²) >= 11 is 0. The number of carbonyl (C=O) groups excluding carboxylic acids is 1. The summed E-state index contributed by atoms with van der Waals surface area (Å²) in [5, 5.41) is 0. The van der Waals surface area contributed by atoms with Crippen LogP contribution in [0, 0.1) is 5.92 Å². The van der Waals surface area contributed by atoms with Gasteiger partial charge in [-0.25, -0.2) is 9.97 Å². The smallest absolute Gasteiger partial charge is 0.316 e. The van der Waals surface area contributed by atoms with Crippen molar-refractivity contribution in [3.05, 3.63) is 48.3 Å². The molecule has 2 aromatic rings. The van der Waals surface area contributed by atoms with Gasteiger partial charge in [0.2, 0.25) is 5.95 Å². The Labute approximate surface area is 165 Å². The summed E-state index contributed by atoms with van der Waals surface area (Å²) < 4.78 is 10.4. The van der Waals surface area contributed by atoms with E-state index in [0.717, 1.165) is 56.4 Å². The fourth-order valence-electron chi connectivity index (χ4n) is 4.24. The number of benzene rings is 1. The number of rotatable bonds is 6. The van der Waals surface area contributed by atoms with E-state index in [4.69, 9.17) is 9.47 Å². The van der Waals surface area contributed by atoms with Crippen LogP contribution >= 0.6 is 0 Å². The number of esters is 1. The zero-order valence-electron chi connectivity index (χ0n) is 16.4. The van der Waals surface area contributed by atoms with Gasteiger partial charge in [0.15, 0.2) is 0 Å². The Hall–Kier alpha value is -2.67. The van der Waals surface area contributed by atoms with E-state index in [9.17, 15) is 4.79 Å². The summed E-state index contributed by atoms with van der Waals surface area (Å²) in [5.41, 5.74) is 0.488. The van der Waals surface area contributed by atoms with Gasteiger partial charge in [-0.15, -0.1) is 0 Å². The minimum atomic E-state index is -0.527. The van der Waals surface area contributed by atoms with Crippen LogP contribution in [0.4, 0.5) is 5.95 Å². The molecule has 1 aromatic carbocycles. The highest BCUT2D eigenvalue weighted by molar-refractivity contribution is 5.87. The molecule has 4 rings (SSSR count). The number of methoxy groups -OCH3 is 2. The van der Waals surface area contributed by atoms with Gasteiger partial charge in [-0.1, -0.05) is 12.1 Å². The van der Waals surface area contributed by atoms with Crippen LogP contribution in [0.1, 0.15) is 12.0 Å². The Balaban J connectivity index is 1.40. The second-order valence-electron chi connectivity index (χ2n) is 7.43. The van der Waals surface area contributed by atoms with Crippen molar-refractivity contribution in [2.45, 2.75) is 11.8 Å². The normalized spacial score (nSPS) is 24.6. The molecule has 1 saturated heterocycles. The quantitative estimate of drug-likeness (QED) is 0.705. The van der Waals surface area contributed by atoms with Crippen molar-refractivity contribution in [1.82, 2.24) is 14.9 Å². The summed E-state index contributed by atoms with van der Waals surface area (Å²) in [6, 6.07) is 9.63. The molecule has 1 aliphatic carbocycles. The first-order chi connectivity index (χ1) is 13.7. The molecule has 0 amide bonds. The van der Waals surface area contributed by atoms with Gasteiger partial charge in [-0.2, -0.15) is 0 Å². The van der Waals surface area contributed by atoms with Crippen LogP contribution in [0.15, 0.2) is 42.7 Å². The summed E-state index contributed by atoms with van der Waals surface area (Å²) in [4.78, 5) is 26.0. The maximum absolute atomic E-state index is 12.6. The standard InChI is InChI=1S/C21H26N4O3/c1-27-18-6-4-16(5-7-18)21(19(26)28-2)14-17(21)15-24-10-12-25(13-11-24)20-22-8-3-9-23-20/h3-9,17H,10-15H2,1-2H3/t17-,21+/m1/s1. The Morgan fingerprint density at radius 3 is 2.39 bits per heavy atom. The lowest BCUT2D eigenvalue weighted by molar-refractivity contribution is -0.144. The highest BCUT2D eigenvalue weighted by Crippen LogP contribution is 2.55. The van der Waals surface area contributed by atoms with Gasteiger partial charge in [0.25, 0.3) is 0 Å². The van der Waals surface area contributed by atoms with Crippen LogP contribution in [0.25, 0.3) is 0 Å². The molecule has 0 radical (unpaired) electrons. The van der Waals surface area contributed by atoms with Gasteiger partial charge in [0.05, 0.1) is 19.6 Å². The van der Waals surface area contributed by atoms with Crippen LogP contribution in [0.3, 0.4) is 0 Å². The lowest BCUT2D eigenvalue weighted by Gasteiger charge is -2.35. The molecule has 1 aliphatic heterocycles. The van der Waals surface area contributed by atoms with Gasteiger partial charge in [-0.3, -0.25) is 9.69 Å². The van der Waals surface area contributed by atoms with Gasteiger partial charge >= 0.3 is 5.97 Å². The van der Waals surface area contributed by atoms with Gasteiger partial charge < -0.3 is 14.4 Å². The van der Waals surface area contributed by atoms with Crippen molar-refractivity contribution in [2.24, 2.45) is 5.92 Å². The molecular formula is C21H26N4O3. The van der Waals surface area contributed by atoms with E-state index in [0.29, 0.717) is 0 Å². The monoisotopic (exact) mass is 382 g/mol. The third-order valence-electron chi connectivity index (χ3n) is 5.95. The SMILES string of the molecule is COC(=O)[C@]1(c2ccc(OC)cc2)C[C@@H]1CN1CCN(c2ncccn2)CC1. The van der Waals surface area contributed by atoms with Crippen LogP contribution in [0.5, 0.6) is 5.75 Å². The summed E-state index contributed by atoms with van der Waals surface area (Å²) in [7, 11) is 3.12. The fraction of sp³-hybridized carbons (Fsp3) is 0.476. The zero-order chi connectivity index (χ0) is 19.6. The van der Waals surface area contributed by atoms with Gasteiger partial charge in [-0.05, 0) is 36.1 Å². The summed E-state index contributed by atoms with van der Waals surface area (Å²) in [6.07, 6.45) is 4.38. The number of ether oxygens (including phenoxy) is 2. The average molecular weight is 382 g/mol. The minimum Gasteiger partial charge on any atom is -0.497 e. The van der Waals surface area contributed by atoms with Crippen molar-refractivity contribution in [1.29, 1.82) is 0 Å². The second kappa shape index (κ2) is 7.75. The predicted molar refractivity (Wildman–Crippen MR) is 105 cm³/mol. The van der Waals surface area contributed by atoms with E-state index in [1.807, 2.05) is 30.3 Å². The Morgan fingerprint density at radius 1 is 1.11 bits per heavy atom. The lowest BCUT2D eigenvalue weighted by Crippen LogP contribution is -2.48. The molecule has 28 heavy (non-hydrogen) atoms. The van der Waals surface area contributed by atoms with Crippen molar-refractivity contribution in [3.8, 4) is 5.75 Å². The van der Waals surface area contributed by atoms with Crippen molar-refractivity contribution >= 4 is 11.9 Å². The number of nitrogens with zero attached hydrogens (tertiary/aromatic N) is 4. The number of carbonyl (C=O) groups is 1. The maximum atomic E-state index is 12.6. The Kier molecular flexibility index (Phi) is 5.17.